The van der Waals surface area contributed by atoms with Crippen LogP contribution < -0.4 is 4.74 Å². The van der Waals surface area contributed by atoms with E-state index in [2.05, 4.69) is 31.9 Å². The molecule has 2 rings (SSSR count). The molecule has 0 aliphatic heterocycles. The van der Waals surface area contributed by atoms with E-state index in [1.807, 2.05) is 31.2 Å². The first-order chi connectivity index (χ1) is 9.52. The summed E-state index contributed by atoms with van der Waals surface area (Å²) in [5, 5.41) is 0. The van der Waals surface area contributed by atoms with Crippen LogP contribution in [-0.2, 0) is 0 Å². The molecule has 1 unspecified atom stereocenters. The highest BCUT2D eigenvalue weighted by Crippen LogP contribution is 2.35. The largest absolute Gasteiger partial charge is 0.493 e. The van der Waals surface area contributed by atoms with E-state index in [0.29, 0.717) is 12.2 Å². The molecule has 0 aromatic heterocycles. The molecule has 0 aliphatic carbocycles. The maximum atomic E-state index is 13.6. The monoisotopic (exact) mass is 400 g/mol. The molecule has 4 heteroatoms. The Labute approximate surface area is 135 Å². The molecule has 0 saturated carbocycles. The topological polar surface area (TPSA) is 9.23 Å². The van der Waals surface area contributed by atoms with Gasteiger partial charge in [-0.05, 0) is 64.7 Å². The second kappa shape index (κ2) is 6.72. The van der Waals surface area contributed by atoms with Gasteiger partial charge in [-0.1, -0.05) is 34.1 Å². The lowest BCUT2D eigenvalue weighted by Gasteiger charge is -2.14. The van der Waals surface area contributed by atoms with Crippen molar-refractivity contribution in [2.24, 2.45) is 0 Å². The smallest absolute Gasteiger partial charge is 0.133 e. The SMILES string of the molecule is CCOc1ccc(C(Br)c2ccc(C)c(F)c2)cc1Br. The molecule has 0 aliphatic rings. The number of benzene rings is 2. The molecule has 0 radical (unpaired) electrons. The van der Waals surface area contributed by atoms with E-state index in [1.54, 1.807) is 19.1 Å². The molecule has 106 valence electrons. The molecule has 0 fully saturated rings. The first-order valence-electron chi connectivity index (χ1n) is 6.35. The fourth-order valence-corrected chi connectivity index (χ4v) is 2.99. The van der Waals surface area contributed by atoms with Gasteiger partial charge in [-0.3, -0.25) is 0 Å². The molecule has 2 aromatic carbocycles. The molecule has 2 aromatic rings. The Morgan fingerprint density at radius 1 is 1.15 bits per heavy atom. The van der Waals surface area contributed by atoms with Gasteiger partial charge in [0, 0.05) is 0 Å². The van der Waals surface area contributed by atoms with Crippen molar-refractivity contribution < 1.29 is 9.13 Å². The van der Waals surface area contributed by atoms with Gasteiger partial charge in [-0.15, -0.1) is 0 Å². The molecule has 0 N–H and O–H groups in total. The summed E-state index contributed by atoms with van der Waals surface area (Å²) < 4.78 is 20.0. The van der Waals surface area contributed by atoms with Crippen LogP contribution in [0.2, 0.25) is 0 Å². The van der Waals surface area contributed by atoms with Gasteiger partial charge >= 0.3 is 0 Å². The van der Waals surface area contributed by atoms with Crippen LogP contribution >= 0.6 is 31.9 Å². The standard InChI is InChI=1S/C16H15Br2FO/c1-3-20-15-7-6-11(8-13(15)17)16(18)12-5-4-10(2)14(19)9-12/h4-9,16H,3H2,1-2H3. The van der Waals surface area contributed by atoms with Gasteiger partial charge in [0.2, 0.25) is 0 Å². The zero-order chi connectivity index (χ0) is 14.7. The zero-order valence-electron chi connectivity index (χ0n) is 11.3. The molecule has 0 bridgehead atoms. The Kier molecular flexibility index (Phi) is 5.22. The molecule has 0 amide bonds. The van der Waals surface area contributed by atoms with Crippen LogP contribution in [0.25, 0.3) is 0 Å². The van der Waals surface area contributed by atoms with Gasteiger partial charge in [-0.2, -0.15) is 0 Å². The minimum Gasteiger partial charge on any atom is -0.493 e. The molecule has 20 heavy (non-hydrogen) atoms. The van der Waals surface area contributed by atoms with Crippen LogP contribution in [0.5, 0.6) is 5.75 Å². The van der Waals surface area contributed by atoms with Crippen LogP contribution in [0.15, 0.2) is 40.9 Å². The van der Waals surface area contributed by atoms with Gasteiger partial charge in [0.05, 0.1) is 15.9 Å². The van der Waals surface area contributed by atoms with Gasteiger partial charge in [0.15, 0.2) is 0 Å². The molecular weight excluding hydrogens is 387 g/mol. The Hall–Kier alpha value is -0.870. The molecule has 1 atom stereocenters. The van der Waals surface area contributed by atoms with E-state index in [9.17, 15) is 4.39 Å². The van der Waals surface area contributed by atoms with Gasteiger partial charge in [-0.25, -0.2) is 4.39 Å². The fourth-order valence-electron chi connectivity index (χ4n) is 1.91. The summed E-state index contributed by atoms with van der Waals surface area (Å²) in [5.41, 5.74) is 2.59. The van der Waals surface area contributed by atoms with Crippen LogP contribution in [0, 0.1) is 12.7 Å². The quantitative estimate of drug-likeness (QED) is 0.590. The van der Waals surface area contributed by atoms with Crippen molar-refractivity contribution in [3.8, 4) is 5.75 Å². The van der Waals surface area contributed by atoms with E-state index in [1.165, 1.54) is 0 Å². The molecule has 0 spiro atoms. The van der Waals surface area contributed by atoms with Gasteiger partial charge in [0.25, 0.3) is 0 Å². The summed E-state index contributed by atoms with van der Waals surface area (Å²) in [6.07, 6.45) is 0. The number of hydrogen-bond donors (Lipinski definition) is 0. The third-order valence-corrected chi connectivity index (χ3v) is 4.71. The van der Waals surface area contributed by atoms with Crippen molar-refractivity contribution in [1.29, 1.82) is 0 Å². The normalized spacial score (nSPS) is 12.2. The Balaban J connectivity index is 2.30. The average molecular weight is 402 g/mol. The highest BCUT2D eigenvalue weighted by atomic mass is 79.9. The Bertz CT molecular complexity index is 613. The molecule has 0 saturated heterocycles. The minimum atomic E-state index is -0.183. The van der Waals surface area contributed by atoms with Crippen LogP contribution in [0.1, 0.15) is 28.4 Å². The summed E-state index contributed by atoms with van der Waals surface area (Å²) >= 11 is 7.12. The zero-order valence-corrected chi connectivity index (χ0v) is 14.5. The van der Waals surface area contributed by atoms with Gasteiger partial charge < -0.3 is 4.74 Å². The van der Waals surface area contributed by atoms with Crippen molar-refractivity contribution in [2.45, 2.75) is 18.7 Å². The second-order valence-electron chi connectivity index (χ2n) is 4.49. The Morgan fingerprint density at radius 2 is 1.80 bits per heavy atom. The maximum absolute atomic E-state index is 13.6. The summed E-state index contributed by atoms with van der Waals surface area (Å²) in [5.74, 6) is 0.628. The van der Waals surface area contributed by atoms with Crippen molar-refractivity contribution in [2.75, 3.05) is 6.61 Å². The van der Waals surface area contributed by atoms with E-state index in [0.717, 1.165) is 21.3 Å². The van der Waals surface area contributed by atoms with Gasteiger partial charge in [0.1, 0.15) is 11.6 Å². The highest BCUT2D eigenvalue weighted by molar-refractivity contribution is 9.10. The number of rotatable bonds is 4. The minimum absolute atomic E-state index is 0.0513. The lowest BCUT2D eigenvalue weighted by Crippen LogP contribution is -1.97. The first-order valence-corrected chi connectivity index (χ1v) is 8.06. The van der Waals surface area contributed by atoms with Crippen molar-refractivity contribution in [3.05, 3.63) is 63.4 Å². The predicted octanol–water partition coefficient (Wildman–Crippen LogP) is 5.78. The number of aryl methyl sites for hydroxylation is 1. The van der Waals surface area contributed by atoms with Crippen LogP contribution in [0.3, 0.4) is 0 Å². The third kappa shape index (κ3) is 3.41. The number of ether oxygens (including phenoxy) is 1. The van der Waals surface area contributed by atoms with Crippen molar-refractivity contribution >= 4 is 31.9 Å². The fraction of sp³-hybridized carbons (Fsp3) is 0.250. The molecule has 0 heterocycles. The summed E-state index contributed by atoms with van der Waals surface area (Å²) in [7, 11) is 0. The molecular formula is C16H15Br2FO. The van der Waals surface area contributed by atoms with E-state index in [-0.39, 0.29) is 10.6 Å². The summed E-state index contributed by atoms with van der Waals surface area (Å²) in [6, 6.07) is 11.2. The predicted molar refractivity (Wildman–Crippen MR) is 87.2 cm³/mol. The lowest BCUT2D eigenvalue weighted by molar-refractivity contribution is 0.338. The molecule has 1 nitrogen and oxygen atoms in total. The number of hydrogen-bond acceptors (Lipinski definition) is 1. The van der Waals surface area contributed by atoms with Crippen molar-refractivity contribution in [3.63, 3.8) is 0 Å². The maximum Gasteiger partial charge on any atom is 0.133 e. The Morgan fingerprint density at radius 3 is 2.40 bits per heavy atom. The number of halogens is 3. The third-order valence-electron chi connectivity index (χ3n) is 3.04. The average Bonchev–Trinajstić information content (AvgIpc) is 2.43. The lowest BCUT2D eigenvalue weighted by atomic mass is 10.0. The van der Waals surface area contributed by atoms with E-state index in [4.69, 9.17) is 4.74 Å². The first kappa shape index (κ1) is 15.5. The second-order valence-corrected chi connectivity index (χ2v) is 6.26. The van der Waals surface area contributed by atoms with Crippen molar-refractivity contribution in [1.82, 2.24) is 0 Å². The van der Waals surface area contributed by atoms with Crippen LogP contribution in [0.4, 0.5) is 4.39 Å². The number of alkyl halides is 1. The summed E-state index contributed by atoms with van der Waals surface area (Å²) in [6.45, 7) is 4.33. The van der Waals surface area contributed by atoms with E-state index >= 15 is 0 Å². The summed E-state index contributed by atoms with van der Waals surface area (Å²) in [4.78, 5) is -0.0513. The van der Waals surface area contributed by atoms with Crippen LogP contribution in [-0.4, -0.2) is 6.61 Å². The highest BCUT2D eigenvalue weighted by Gasteiger charge is 2.13. The van der Waals surface area contributed by atoms with E-state index < -0.39 is 0 Å².